The summed E-state index contributed by atoms with van der Waals surface area (Å²) >= 11 is 3.75. The lowest BCUT2D eigenvalue weighted by Gasteiger charge is -2.21. The maximum absolute atomic E-state index is 4.61. The highest BCUT2D eigenvalue weighted by atomic mass is 32.2. The van der Waals surface area contributed by atoms with Gasteiger partial charge in [0.25, 0.3) is 0 Å². The number of hydrogen-bond acceptors (Lipinski definition) is 5. The van der Waals surface area contributed by atoms with Crippen molar-refractivity contribution in [3.05, 3.63) is 23.3 Å². The van der Waals surface area contributed by atoms with Crippen molar-refractivity contribution >= 4 is 33.4 Å². The van der Waals surface area contributed by atoms with Crippen LogP contribution in [0.2, 0.25) is 0 Å². The molecule has 0 radical (unpaired) electrons. The second kappa shape index (κ2) is 4.69. The predicted octanol–water partition coefficient (Wildman–Crippen LogP) is 1.94. The molecular weight excluding hydrogens is 238 g/mol. The van der Waals surface area contributed by atoms with E-state index >= 15 is 0 Å². The first-order valence-corrected chi connectivity index (χ1v) is 7.40. The first-order chi connectivity index (χ1) is 7.92. The average Bonchev–Trinajstić information content (AvgIpc) is 2.72. The zero-order chi connectivity index (χ0) is 10.8. The fourth-order valence-electron chi connectivity index (χ4n) is 1.86. The summed E-state index contributed by atoms with van der Waals surface area (Å²) in [6.45, 7) is 1.12. The molecule has 2 aromatic rings. The van der Waals surface area contributed by atoms with Gasteiger partial charge >= 0.3 is 0 Å². The van der Waals surface area contributed by atoms with Gasteiger partial charge in [0.15, 0.2) is 0 Å². The number of aromatic nitrogens is 2. The predicted molar refractivity (Wildman–Crippen MR) is 70.2 cm³/mol. The van der Waals surface area contributed by atoms with Crippen molar-refractivity contribution in [3.63, 3.8) is 0 Å². The lowest BCUT2D eigenvalue weighted by molar-refractivity contribution is 0.562. The number of thiazole rings is 1. The minimum atomic E-state index is 0.583. The largest absolute Gasteiger partial charge is 0.312 e. The molecule has 1 N–H and O–H groups in total. The molecule has 5 heteroatoms. The van der Waals surface area contributed by atoms with E-state index in [-0.39, 0.29) is 0 Å². The monoisotopic (exact) mass is 251 g/mol. The standard InChI is InChI=1S/C11H13N3S2/c1-2-9-11(13-3-1)16-10(14-9)6-8-7-15-5-4-12-8/h1-3,8,12H,4-7H2. The van der Waals surface area contributed by atoms with E-state index in [0.717, 1.165) is 23.3 Å². The maximum Gasteiger partial charge on any atom is 0.143 e. The Morgan fingerprint density at radius 3 is 3.31 bits per heavy atom. The van der Waals surface area contributed by atoms with Crippen molar-refractivity contribution in [2.75, 3.05) is 18.1 Å². The van der Waals surface area contributed by atoms with Crippen LogP contribution in [0.3, 0.4) is 0 Å². The van der Waals surface area contributed by atoms with Crippen molar-refractivity contribution < 1.29 is 0 Å². The molecule has 3 heterocycles. The van der Waals surface area contributed by atoms with Gasteiger partial charge in [-0.3, -0.25) is 0 Å². The molecule has 0 aromatic carbocycles. The Bertz CT molecular complexity index is 444. The Balaban J connectivity index is 1.78. The minimum absolute atomic E-state index is 0.583. The molecule has 1 saturated heterocycles. The Morgan fingerprint density at radius 1 is 1.50 bits per heavy atom. The molecule has 1 unspecified atom stereocenters. The first kappa shape index (κ1) is 10.5. The fraction of sp³-hybridized carbons (Fsp3) is 0.455. The highest BCUT2D eigenvalue weighted by Gasteiger charge is 2.15. The lowest BCUT2D eigenvalue weighted by atomic mass is 10.2. The third-order valence-corrected chi connectivity index (χ3v) is 4.76. The molecule has 0 spiro atoms. The van der Waals surface area contributed by atoms with Crippen LogP contribution in [-0.4, -0.2) is 34.1 Å². The van der Waals surface area contributed by atoms with E-state index in [2.05, 4.69) is 15.3 Å². The highest BCUT2D eigenvalue weighted by Crippen LogP contribution is 2.21. The van der Waals surface area contributed by atoms with E-state index in [1.54, 1.807) is 11.3 Å². The summed E-state index contributed by atoms with van der Waals surface area (Å²) in [5.74, 6) is 2.43. The van der Waals surface area contributed by atoms with Crippen molar-refractivity contribution in [3.8, 4) is 0 Å². The van der Waals surface area contributed by atoms with Gasteiger partial charge < -0.3 is 5.32 Å². The van der Waals surface area contributed by atoms with Gasteiger partial charge in [-0.1, -0.05) is 11.3 Å². The van der Waals surface area contributed by atoms with Gasteiger partial charge in [0.2, 0.25) is 0 Å². The molecule has 0 amide bonds. The van der Waals surface area contributed by atoms with E-state index in [0.29, 0.717) is 6.04 Å². The molecule has 1 atom stereocenters. The summed E-state index contributed by atoms with van der Waals surface area (Å²) in [7, 11) is 0. The molecule has 16 heavy (non-hydrogen) atoms. The van der Waals surface area contributed by atoms with Crippen molar-refractivity contribution in [2.24, 2.45) is 0 Å². The molecule has 1 aliphatic heterocycles. The molecule has 3 rings (SSSR count). The van der Waals surface area contributed by atoms with Crippen LogP contribution >= 0.6 is 23.1 Å². The second-order valence-electron chi connectivity index (χ2n) is 3.87. The van der Waals surface area contributed by atoms with Crippen molar-refractivity contribution in [1.82, 2.24) is 15.3 Å². The molecular formula is C11H13N3S2. The van der Waals surface area contributed by atoms with Gasteiger partial charge in [-0.05, 0) is 12.1 Å². The van der Waals surface area contributed by atoms with Gasteiger partial charge in [0.05, 0.1) is 5.01 Å². The van der Waals surface area contributed by atoms with Crippen LogP contribution in [0.1, 0.15) is 5.01 Å². The summed E-state index contributed by atoms with van der Waals surface area (Å²) in [6, 6.07) is 4.56. The third-order valence-electron chi connectivity index (χ3n) is 2.63. The quantitative estimate of drug-likeness (QED) is 0.885. The minimum Gasteiger partial charge on any atom is -0.312 e. The van der Waals surface area contributed by atoms with Gasteiger partial charge in [-0.15, -0.1) is 0 Å². The van der Waals surface area contributed by atoms with Crippen LogP contribution in [0.5, 0.6) is 0 Å². The van der Waals surface area contributed by atoms with Crippen LogP contribution < -0.4 is 5.32 Å². The van der Waals surface area contributed by atoms with Crippen LogP contribution in [0.25, 0.3) is 10.3 Å². The Hall–Kier alpha value is -0.650. The van der Waals surface area contributed by atoms with Crippen LogP contribution in [0.15, 0.2) is 18.3 Å². The number of nitrogens with one attached hydrogen (secondary N) is 1. The fourth-order valence-corrected chi connectivity index (χ4v) is 3.80. The second-order valence-corrected chi connectivity index (χ2v) is 6.08. The Morgan fingerprint density at radius 2 is 2.50 bits per heavy atom. The molecule has 2 aromatic heterocycles. The number of hydrogen-bond donors (Lipinski definition) is 1. The van der Waals surface area contributed by atoms with Crippen molar-refractivity contribution in [2.45, 2.75) is 12.5 Å². The first-order valence-electron chi connectivity index (χ1n) is 5.43. The van der Waals surface area contributed by atoms with E-state index in [1.165, 1.54) is 16.5 Å². The number of fused-ring (bicyclic) bond motifs is 1. The van der Waals surface area contributed by atoms with Gasteiger partial charge in [-0.2, -0.15) is 11.8 Å². The van der Waals surface area contributed by atoms with Gasteiger partial charge in [-0.25, -0.2) is 9.97 Å². The Kier molecular flexibility index (Phi) is 3.08. The molecule has 0 saturated carbocycles. The van der Waals surface area contributed by atoms with E-state index in [1.807, 2.05) is 30.1 Å². The third kappa shape index (κ3) is 2.21. The zero-order valence-corrected chi connectivity index (χ0v) is 10.5. The van der Waals surface area contributed by atoms with E-state index < -0.39 is 0 Å². The molecule has 0 bridgehead atoms. The van der Waals surface area contributed by atoms with Crippen LogP contribution in [0.4, 0.5) is 0 Å². The summed E-state index contributed by atoms with van der Waals surface area (Å²) in [6.07, 6.45) is 2.87. The average molecular weight is 251 g/mol. The summed E-state index contributed by atoms with van der Waals surface area (Å²) in [4.78, 5) is 10.00. The highest BCUT2D eigenvalue weighted by molar-refractivity contribution is 7.99. The lowest BCUT2D eigenvalue weighted by Crippen LogP contribution is -2.38. The molecule has 3 nitrogen and oxygen atoms in total. The topological polar surface area (TPSA) is 37.8 Å². The van der Waals surface area contributed by atoms with E-state index in [4.69, 9.17) is 0 Å². The Labute approximate surface area is 103 Å². The smallest absolute Gasteiger partial charge is 0.143 e. The summed E-state index contributed by atoms with van der Waals surface area (Å²) in [5, 5.41) is 4.74. The molecule has 1 aliphatic rings. The van der Waals surface area contributed by atoms with Crippen molar-refractivity contribution in [1.29, 1.82) is 0 Å². The number of thioether (sulfide) groups is 1. The molecule has 84 valence electrons. The number of pyridine rings is 1. The van der Waals surface area contributed by atoms with Crippen LogP contribution in [-0.2, 0) is 6.42 Å². The number of nitrogens with zero attached hydrogens (tertiary/aromatic N) is 2. The number of rotatable bonds is 2. The van der Waals surface area contributed by atoms with Gasteiger partial charge in [0, 0.05) is 36.7 Å². The normalized spacial score (nSPS) is 21.4. The van der Waals surface area contributed by atoms with Gasteiger partial charge in [0.1, 0.15) is 10.3 Å². The SMILES string of the molecule is c1cnc2sc(CC3CSCCN3)nc2c1. The summed E-state index contributed by atoms with van der Waals surface area (Å²) < 4.78 is 0. The zero-order valence-electron chi connectivity index (χ0n) is 8.85. The van der Waals surface area contributed by atoms with Crippen LogP contribution in [0, 0.1) is 0 Å². The van der Waals surface area contributed by atoms with E-state index in [9.17, 15) is 0 Å². The summed E-state index contributed by atoms with van der Waals surface area (Å²) in [5.41, 5.74) is 1.03. The molecule has 1 fully saturated rings. The maximum atomic E-state index is 4.61. The molecule has 0 aliphatic carbocycles.